The van der Waals surface area contributed by atoms with Crippen molar-refractivity contribution >= 4 is 35.4 Å². The van der Waals surface area contributed by atoms with Crippen LogP contribution in [0.15, 0.2) is 40.9 Å². The molecule has 1 heterocycles. The van der Waals surface area contributed by atoms with Gasteiger partial charge in [0.25, 0.3) is 0 Å². The number of anilines is 1. The lowest BCUT2D eigenvalue weighted by atomic mass is 10.1. The smallest absolute Gasteiger partial charge is 0.326 e. The van der Waals surface area contributed by atoms with Crippen LogP contribution in [0.4, 0.5) is 5.82 Å². The normalized spacial score (nSPS) is 12.8. The van der Waals surface area contributed by atoms with Crippen LogP contribution in [0.25, 0.3) is 0 Å². The molecule has 0 aliphatic rings. The van der Waals surface area contributed by atoms with Crippen LogP contribution < -0.4 is 10.6 Å². The fourth-order valence-corrected chi connectivity index (χ4v) is 2.91. The Kier molecular flexibility index (Phi) is 7.42. The van der Waals surface area contributed by atoms with E-state index in [-0.39, 0.29) is 18.1 Å². The molecule has 2 rings (SSSR count). The highest BCUT2D eigenvalue weighted by molar-refractivity contribution is 8.01. The summed E-state index contributed by atoms with van der Waals surface area (Å²) in [5.41, 5.74) is 0.813. The number of carboxylic acid groups (broad SMARTS) is 1. The summed E-state index contributed by atoms with van der Waals surface area (Å²) in [6.45, 7) is 3.36. The largest absolute Gasteiger partial charge is 0.480 e. The summed E-state index contributed by atoms with van der Waals surface area (Å²) in [4.78, 5) is 35.5. The monoisotopic (exact) mass is 391 g/mol. The van der Waals surface area contributed by atoms with Crippen LogP contribution in [0.3, 0.4) is 0 Å². The second-order valence-electron chi connectivity index (χ2n) is 5.91. The molecule has 3 N–H and O–H groups in total. The minimum Gasteiger partial charge on any atom is -0.480 e. The predicted octanol–water partition coefficient (Wildman–Crippen LogP) is 1.86. The van der Waals surface area contributed by atoms with E-state index >= 15 is 0 Å². The summed E-state index contributed by atoms with van der Waals surface area (Å²) >= 11 is 1.10. The quantitative estimate of drug-likeness (QED) is 0.596. The maximum atomic E-state index is 12.1. The zero-order valence-corrected chi connectivity index (χ0v) is 15.8. The number of amides is 2. The molecule has 1 aromatic carbocycles. The van der Waals surface area contributed by atoms with Gasteiger partial charge in [-0.2, -0.15) is 0 Å². The van der Waals surface area contributed by atoms with E-state index in [0.29, 0.717) is 11.6 Å². The van der Waals surface area contributed by atoms with Crippen LogP contribution >= 0.6 is 11.8 Å². The van der Waals surface area contributed by atoms with Gasteiger partial charge in [-0.05, 0) is 19.4 Å². The molecule has 0 spiro atoms. The van der Waals surface area contributed by atoms with Crippen LogP contribution in [-0.4, -0.2) is 45.1 Å². The maximum absolute atomic E-state index is 12.1. The summed E-state index contributed by atoms with van der Waals surface area (Å²) in [7, 11) is 0. The molecule has 0 bridgehead atoms. The third-order valence-electron chi connectivity index (χ3n) is 3.63. The molecular weight excluding hydrogens is 370 g/mol. The summed E-state index contributed by atoms with van der Waals surface area (Å²) in [5, 5.41) is 17.5. The highest BCUT2D eigenvalue weighted by atomic mass is 32.2. The van der Waals surface area contributed by atoms with Gasteiger partial charge in [-0.25, -0.2) is 4.79 Å². The molecule has 2 aromatic rings. The molecule has 0 fully saturated rings. The molecular formula is C18H21N3O5S. The van der Waals surface area contributed by atoms with Gasteiger partial charge in [0.05, 0.1) is 11.0 Å². The number of thioether (sulfide) groups is 1. The lowest BCUT2D eigenvalue weighted by Gasteiger charge is -2.15. The zero-order valence-electron chi connectivity index (χ0n) is 15.0. The van der Waals surface area contributed by atoms with Gasteiger partial charge in [-0.15, -0.1) is 11.8 Å². The highest BCUT2D eigenvalue weighted by Crippen LogP contribution is 2.14. The first-order chi connectivity index (χ1) is 12.8. The number of rotatable bonds is 9. The van der Waals surface area contributed by atoms with Crippen LogP contribution in [0.2, 0.25) is 0 Å². The second kappa shape index (κ2) is 9.77. The van der Waals surface area contributed by atoms with Crippen molar-refractivity contribution in [3.8, 4) is 0 Å². The molecule has 1 unspecified atom stereocenters. The van der Waals surface area contributed by atoms with E-state index in [2.05, 4.69) is 15.8 Å². The van der Waals surface area contributed by atoms with Crippen molar-refractivity contribution in [3.05, 3.63) is 47.7 Å². The van der Waals surface area contributed by atoms with E-state index in [1.54, 1.807) is 32.0 Å². The molecule has 0 saturated heterocycles. The molecule has 27 heavy (non-hydrogen) atoms. The summed E-state index contributed by atoms with van der Waals surface area (Å²) in [6, 6.07) is 9.61. The Bertz CT molecular complexity index is 793. The standard InChI is InChI=1S/C18H21N3O5S/c1-11-8-15(21-26-11)20-17(23)12(2)27-10-16(22)19-14(18(24)25)9-13-6-4-3-5-7-13/h3-8,12,14H,9-10H2,1-2H3,(H,19,22)(H,24,25)(H,20,21,23)/t12?,14-/m1/s1. The number of carbonyl (C=O) groups excluding carboxylic acids is 2. The third kappa shape index (κ3) is 6.78. The highest BCUT2D eigenvalue weighted by Gasteiger charge is 2.22. The van der Waals surface area contributed by atoms with Crippen molar-refractivity contribution < 1.29 is 24.0 Å². The molecule has 0 saturated carbocycles. The number of aryl methyl sites for hydroxylation is 1. The molecule has 8 nitrogen and oxygen atoms in total. The van der Waals surface area contributed by atoms with E-state index in [1.165, 1.54) is 0 Å². The predicted molar refractivity (Wildman–Crippen MR) is 102 cm³/mol. The first-order valence-corrected chi connectivity index (χ1v) is 9.32. The summed E-state index contributed by atoms with van der Waals surface area (Å²) < 4.78 is 4.87. The number of carboxylic acids is 1. The minimum absolute atomic E-state index is 0.0367. The fourth-order valence-electron chi connectivity index (χ4n) is 2.22. The van der Waals surface area contributed by atoms with E-state index in [0.717, 1.165) is 17.3 Å². The van der Waals surface area contributed by atoms with Crippen molar-refractivity contribution in [3.63, 3.8) is 0 Å². The van der Waals surface area contributed by atoms with Gasteiger partial charge in [0.2, 0.25) is 11.8 Å². The Labute approximate surface area is 160 Å². The van der Waals surface area contributed by atoms with Gasteiger partial charge in [-0.1, -0.05) is 35.5 Å². The number of nitrogens with one attached hydrogen (secondary N) is 2. The van der Waals surface area contributed by atoms with E-state index in [1.807, 2.05) is 18.2 Å². The SMILES string of the molecule is Cc1cc(NC(=O)C(C)SCC(=O)N[C@H](Cc2ccccc2)C(=O)O)no1. The molecule has 0 aliphatic heterocycles. The van der Waals surface area contributed by atoms with Crippen molar-refractivity contribution in [2.75, 3.05) is 11.1 Å². The third-order valence-corrected chi connectivity index (χ3v) is 4.77. The van der Waals surface area contributed by atoms with Crippen molar-refractivity contribution in [1.82, 2.24) is 10.5 Å². The Morgan fingerprint density at radius 2 is 1.96 bits per heavy atom. The number of aromatic nitrogens is 1. The van der Waals surface area contributed by atoms with Crippen molar-refractivity contribution in [2.45, 2.75) is 31.6 Å². The number of benzene rings is 1. The zero-order chi connectivity index (χ0) is 19.8. The first kappa shape index (κ1) is 20.5. The van der Waals surface area contributed by atoms with Gasteiger partial charge in [0, 0.05) is 12.5 Å². The Morgan fingerprint density at radius 3 is 2.56 bits per heavy atom. The molecule has 2 atom stereocenters. The Morgan fingerprint density at radius 1 is 1.26 bits per heavy atom. The molecule has 144 valence electrons. The lowest BCUT2D eigenvalue weighted by Crippen LogP contribution is -2.43. The van der Waals surface area contributed by atoms with Crippen LogP contribution in [0, 0.1) is 6.92 Å². The first-order valence-electron chi connectivity index (χ1n) is 8.27. The number of aliphatic carboxylic acids is 1. The maximum Gasteiger partial charge on any atom is 0.326 e. The number of hydrogen-bond donors (Lipinski definition) is 3. The van der Waals surface area contributed by atoms with Crippen LogP contribution in [-0.2, 0) is 20.8 Å². The van der Waals surface area contributed by atoms with Gasteiger partial charge in [0.15, 0.2) is 5.82 Å². The average molecular weight is 391 g/mol. The van der Waals surface area contributed by atoms with E-state index in [4.69, 9.17) is 4.52 Å². The van der Waals surface area contributed by atoms with Gasteiger partial charge >= 0.3 is 5.97 Å². The van der Waals surface area contributed by atoms with Gasteiger partial charge in [0.1, 0.15) is 11.8 Å². The van der Waals surface area contributed by atoms with E-state index in [9.17, 15) is 19.5 Å². The average Bonchev–Trinajstić information content (AvgIpc) is 3.04. The minimum atomic E-state index is -1.11. The fraction of sp³-hybridized carbons (Fsp3) is 0.333. The number of hydrogen-bond acceptors (Lipinski definition) is 6. The Balaban J connectivity index is 1.80. The van der Waals surface area contributed by atoms with Crippen LogP contribution in [0.5, 0.6) is 0 Å². The number of carbonyl (C=O) groups is 3. The summed E-state index contributed by atoms with van der Waals surface area (Å²) in [5.74, 6) is -1.03. The van der Waals surface area contributed by atoms with Crippen molar-refractivity contribution in [1.29, 1.82) is 0 Å². The molecule has 0 aliphatic carbocycles. The van der Waals surface area contributed by atoms with Crippen LogP contribution in [0.1, 0.15) is 18.2 Å². The molecule has 2 amide bonds. The van der Waals surface area contributed by atoms with E-state index < -0.39 is 23.2 Å². The van der Waals surface area contributed by atoms with Crippen molar-refractivity contribution in [2.24, 2.45) is 0 Å². The topological polar surface area (TPSA) is 122 Å². The number of nitrogens with zero attached hydrogens (tertiary/aromatic N) is 1. The van der Waals surface area contributed by atoms with Gasteiger partial charge in [-0.3, -0.25) is 9.59 Å². The van der Waals surface area contributed by atoms with Gasteiger partial charge < -0.3 is 20.3 Å². The second-order valence-corrected chi connectivity index (χ2v) is 7.24. The lowest BCUT2D eigenvalue weighted by molar-refractivity contribution is -0.141. The molecule has 1 aromatic heterocycles. The summed E-state index contributed by atoms with van der Waals surface area (Å²) in [6.07, 6.45) is 0.189. The Hall–Kier alpha value is -2.81. The molecule has 0 radical (unpaired) electrons. The molecule has 9 heteroatoms.